The monoisotopic (exact) mass is 196 g/mol. The van der Waals surface area contributed by atoms with Gasteiger partial charge in [-0.25, -0.2) is 0 Å². The third-order valence-electron chi connectivity index (χ3n) is 3.13. The van der Waals surface area contributed by atoms with Gasteiger partial charge in [0.25, 0.3) is 0 Å². The molecule has 0 saturated carbocycles. The lowest BCUT2D eigenvalue weighted by molar-refractivity contribution is -0.0900. The summed E-state index contributed by atoms with van der Waals surface area (Å²) in [6, 6.07) is 2.42. The Balaban J connectivity index is 2.75. The summed E-state index contributed by atoms with van der Waals surface area (Å²) >= 11 is 0. The predicted molar refractivity (Wildman–Crippen MR) is 55.9 cm³/mol. The van der Waals surface area contributed by atoms with E-state index in [1.54, 1.807) is 0 Å². The highest BCUT2D eigenvalue weighted by molar-refractivity contribution is 5.11. The van der Waals surface area contributed by atoms with Crippen LogP contribution in [0.4, 0.5) is 0 Å². The largest absolute Gasteiger partial charge is 0.375 e. The number of rotatable bonds is 3. The average molecular weight is 196 g/mol. The molecule has 0 aliphatic carbocycles. The highest BCUT2D eigenvalue weighted by Gasteiger charge is 2.42. The van der Waals surface area contributed by atoms with Crippen molar-refractivity contribution in [3.05, 3.63) is 0 Å². The van der Waals surface area contributed by atoms with Crippen LogP contribution in [-0.2, 0) is 4.74 Å². The van der Waals surface area contributed by atoms with Gasteiger partial charge in [0.2, 0.25) is 0 Å². The van der Waals surface area contributed by atoms with E-state index in [0.29, 0.717) is 6.61 Å². The summed E-state index contributed by atoms with van der Waals surface area (Å²) in [7, 11) is 0. The van der Waals surface area contributed by atoms with Crippen LogP contribution >= 0.6 is 0 Å². The van der Waals surface area contributed by atoms with Gasteiger partial charge in [0.1, 0.15) is 5.54 Å². The molecule has 0 spiro atoms. The SMILES string of the molecule is CCNC1(C#N)CCOC(C)(CC)C1. The smallest absolute Gasteiger partial charge is 0.111 e. The molecule has 14 heavy (non-hydrogen) atoms. The summed E-state index contributed by atoms with van der Waals surface area (Å²) < 4.78 is 5.73. The number of nitrogens with one attached hydrogen (secondary N) is 1. The van der Waals surface area contributed by atoms with Crippen molar-refractivity contribution in [1.82, 2.24) is 5.32 Å². The minimum atomic E-state index is -0.363. The van der Waals surface area contributed by atoms with Crippen LogP contribution in [-0.4, -0.2) is 24.3 Å². The molecule has 0 radical (unpaired) electrons. The summed E-state index contributed by atoms with van der Waals surface area (Å²) in [5.74, 6) is 0. The zero-order valence-electron chi connectivity index (χ0n) is 9.39. The van der Waals surface area contributed by atoms with Crippen molar-refractivity contribution in [1.29, 1.82) is 5.26 Å². The van der Waals surface area contributed by atoms with Crippen LogP contribution in [0.1, 0.15) is 40.0 Å². The molecule has 0 aromatic rings. The zero-order chi connectivity index (χ0) is 10.7. The maximum Gasteiger partial charge on any atom is 0.111 e. The Hall–Kier alpha value is -0.590. The Morgan fingerprint density at radius 2 is 2.21 bits per heavy atom. The summed E-state index contributed by atoms with van der Waals surface area (Å²) in [6.45, 7) is 7.77. The molecule has 0 bridgehead atoms. The second-order valence-electron chi connectivity index (χ2n) is 4.30. The van der Waals surface area contributed by atoms with Crippen LogP contribution in [0.15, 0.2) is 0 Å². The topological polar surface area (TPSA) is 45.0 Å². The fourth-order valence-electron chi connectivity index (χ4n) is 2.10. The molecular weight excluding hydrogens is 176 g/mol. The van der Waals surface area contributed by atoms with Crippen LogP contribution in [0.5, 0.6) is 0 Å². The average Bonchev–Trinajstić information content (AvgIpc) is 2.18. The van der Waals surface area contributed by atoms with E-state index >= 15 is 0 Å². The molecule has 0 amide bonds. The van der Waals surface area contributed by atoms with Crippen LogP contribution < -0.4 is 5.32 Å². The van der Waals surface area contributed by atoms with E-state index in [9.17, 15) is 5.26 Å². The van der Waals surface area contributed by atoms with E-state index in [4.69, 9.17) is 4.74 Å². The lowest BCUT2D eigenvalue weighted by atomic mass is 9.80. The van der Waals surface area contributed by atoms with Crippen molar-refractivity contribution >= 4 is 0 Å². The fraction of sp³-hybridized carbons (Fsp3) is 0.909. The lowest BCUT2D eigenvalue weighted by Gasteiger charge is -2.42. The van der Waals surface area contributed by atoms with Crippen LogP contribution in [0.25, 0.3) is 0 Å². The number of ether oxygens (including phenoxy) is 1. The van der Waals surface area contributed by atoms with Crippen molar-refractivity contribution in [3.63, 3.8) is 0 Å². The van der Waals surface area contributed by atoms with E-state index in [1.165, 1.54) is 0 Å². The lowest BCUT2D eigenvalue weighted by Crippen LogP contribution is -2.54. The van der Waals surface area contributed by atoms with E-state index in [1.807, 2.05) is 6.92 Å². The van der Waals surface area contributed by atoms with Crippen LogP contribution in [0.2, 0.25) is 0 Å². The molecule has 1 N–H and O–H groups in total. The van der Waals surface area contributed by atoms with Crippen molar-refractivity contribution in [2.45, 2.75) is 51.2 Å². The Morgan fingerprint density at radius 3 is 2.71 bits per heavy atom. The number of hydrogen-bond acceptors (Lipinski definition) is 3. The summed E-state index contributed by atoms with van der Waals surface area (Å²) in [5.41, 5.74) is -0.492. The third-order valence-corrected chi connectivity index (χ3v) is 3.13. The maximum absolute atomic E-state index is 9.23. The second kappa shape index (κ2) is 4.29. The second-order valence-corrected chi connectivity index (χ2v) is 4.30. The molecule has 0 aromatic carbocycles. The summed E-state index contributed by atoms with van der Waals surface area (Å²) in [4.78, 5) is 0. The number of hydrogen-bond donors (Lipinski definition) is 1. The molecule has 1 aliphatic rings. The highest BCUT2D eigenvalue weighted by Crippen LogP contribution is 2.33. The van der Waals surface area contributed by atoms with E-state index < -0.39 is 0 Å². The van der Waals surface area contributed by atoms with Gasteiger partial charge >= 0.3 is 0 Å². The Kier molecular flexibility index (Phi) is 3.52. The first-order chi connectivity index (χ1) is 6.60. The number of nitriles is 1. The highest BCUT2D eigenvalue weighted by atomic mass is 16.5. The number of nitrogens with zero attached hydrogens (tertiary/aromatic N) is 1. The molecule has 2 unspecified atom stereocenters. The van der Waals surface area contributed by atoms with Crippen molar-refractivity contribution < 1.29 is 4.74 Å². The van der Waals surface area contributed by atoms with Gasteiger partial charge in [0, 0.05) is 12.8 Å². The first-order valence-electron chi connectivity index (χ1n) is 5.40. The molecule has 1 heterocycles. The summed E-state index contributed by atoms with van der Waals surface area (Å²) in [6.07, 6.45) is 2.55. The molecule has 3 nitrogen and oxygen atoms in total. The molecule has 3 heteroatoms. The minimum Gasteiger partial charge on any atom is -0.375 e. The standard InChI is InChI=1S/C11H20N2O/c1-4-10(3)8-11(9-12,13-5-2)6-7-14-10/h13H,4-8H2,1-3H3. The van der Waals surface area contributed by atoms with Crippen LogP contribution in [0.3, 0.4) is 0 Å². The van der Waals surface area contributed by atoms with Gasteiger partial charge in [-0.3, -0.25) is 5.32 Å². The fourth-order valence-corrected chi connectivity index (χ4v) is 2.10. The van der Waals surface area contributed by atoms with Crippen LogP contribution in [0, 0.1) is 11.3 Å². The maximum atomic E-state index is 9.23. The first-order valence-corrected chi connectivity index (χ1v) is 5.40. The third kappa shape index (κ3) is 2.26. The summed E-state index contributed by atoms with van der Waals surface area (Å²) in [5, 5.41) is 12.5. The molecule has 0 aromatic heterocycles. The van der Waals surface area contributed by atoms with Gasteiger partial charge in [0.15, 0.2) is 0 Å². The molecule has 1 rings (SSSR count). The van der Waals surface area contributed by atoms with E-state index in [0.717, 1.165) is 25.8 Å². The Morgan fingerprint density at radius 1 is 1.50 bits per heavy atom. The molecule has 1 fully saturated rings. The Bertz CT molecular complexity index is 232. The van der Waals surface area contributed by atoms with Gasteiger partial charge in [-0.15, -0.1) is 0 Å². The van der Waals surface area contributed by atoms with E-state index in [2.05, 4.69) is 25.2 Å². The molecule has 1 aliphatic heterocycles. The first kappa shape index (κ1) is 11.5. The molecular formula is C11H20N2O. The minimum absolute atomic E-state index is 0.129. The normalized spacial score (nSPS) is 37.9. The van der Waals surface area contributed by atoms with Gasteiger partial charge in [-0.2, -0.15) is 5.26 Å². The van der Waals surface area contributed by atoms with Gasteiger partial charge in [-0.1, -0.05) is 13.8 Å². The zero-order valence-corrected chi connectivity index (χ0v) is 9.39. The van der Waals surface area contributed by atoms with Gasteiger partial charge in [-0.05, 0) is 19.9 Å². The van der Waals surface area contributed by atoms with E-state index in [-0.39, 0.29) is 11.1 Å². The van der Waals surface area contributed by atoms with Crippen molar-refractivity contribution in [2.75, 3.05) is 13.2 Å². The van der Waals surface area contributed by atoms with Crippen molar-refractivity contribution in [3.8, 4) is 6.07 Å². The molecule has 80 valence electrons. The van der Waals surface area contributed by atoms with Gasteiger partial charge < -0.3 is 4.74 Å². The Labute approximate surface area is 86.4 Å². The predicted octanol–water partition coefficient (Wildman–Crippen LogP) is 1.84. The quantitative estimate of drug-likeness (QED) is 0.749. The van der Waals surface area contributed by atoms with Gasteiger partial charge in [0.05, 0.1) is 18.3 Å². The molecule has 2 atom stereocenters. The van der Waals surface area contributed by atoms with Crippen molar-refractivity contribution in [2.24, 2.45) is 0 Å². The molecule has 1 saturated heterocycles.